The number of hydrogen-bond acceptors (Lipinski definition) is 3. The lowest BCUT2D eigenvalue weighted by molar-refractivity contribution is -0.108. The summed E-state index contributed by atoms with van der Waals surface area (Å²) in [6.45, 7) is 1.82. The van der Waals surface area contributed by atoms with Crippen LogP contribution in [-0.2, 0) is 4.79 Å². The van der Waals surface area contributed by atoms with Gasteiger partial charge in [0.25, 0.3) is 0 Å². The van der Waals surface area contributed by atoms with Gasteiger partial charge in [0.15, 0.2) is 0 Å². The van der Waals surface area contributed by atoms with Crippen LogP contribution in [0.3, 0.4) is 0 Å². The van der Waals surface area contributed by atoms with Gasteiger partial charge in [-0.2, -0.15) is 0 Å². The van der Waals surface area contributed by atoms with E-state index in [9.17, 15) is 4.79 Å². The molecule has 1 aromatic rings. The summed E-state index contributed by atoms with van der Waals surface area (Å²) in [5.74, 6) is 0.446. The first-order valence-electron chi connectivity index (χ1n) is 3.83. The summed E-state index contributed by atoms with van der Waals surface area (Å²) in [4.78, 5) is 14.6. The fraction of sp³-hybridized carbons (Fsp3) is 0.333. The van der Waals surface area contributed by atoms with E-state index in [-0.39, 0.29) is 5.92 Å². The quantitative estimate of drug-likeness (QED) is 0.765. The summed E-state index contributed by atoms with van der Waals surface area (Å²) in [6, 6.07) is 0. The van der Waals surface area contributed by atoms with Crippen LogP contribution in [0.25, 0.3) is 0 Å². The molecule has 0 radical (unpaired) electrons. The van der Waals surface area contributed by atoms with Crippen molar-refractivity contribution in [2.75, 3.05) is 7.11 Å². The number of halogens is 1. The zero-order valence-corrected chi connectivity index (χ0v) is 9.04. The Bertz CT molecular complexity index is 314. The largest absolute Gasteiger partial charge is 0.495 e. The van der Waals surface area contributed by atoms with Gasteiger partial charge in [-0.05, 0) is 15.9 Å². The van der Waals surface area contributed by atoms with Gasteiger partial charge in [0, 0.05) is 22.2 Å². The first-order chi connectivity index (χ1) is 6.20. The minimum Gasteiger partial charge on any atom is -0.495 e. The highest BCUT2D eigenvalue weighted by molar-refractivity contribution is 9.10. The van der Waals surface area contributed by atoms with Gasteiger partial charge < -0.3 is 9.53 Å². The SMILES string of the molecule is COc1cncc(Br)c1C(C)C=O. The molecule has 13 heavy (non-hydrogen) atoms. The van der Waals surface area contributed by atoms with Gasteiger partial charge in [-0.25, -0.2) is 0 Å². The van der Waals surface area contributed by atoms with E-state index in [1.54, 1.807) is 19.5 Å². The number of methoxy groups -OCH3 is 1. The zero-order valence-electron chi connectivity index (χ0n) is 7.45. The van der Waals surface area contributed by atoms with Crippen LogP contribution in [-0.4, -0.2) is 18.4 Å². The van der Waals surface area contributed by atoms with Crippen molar-refractivity contribution in [2.24, 2.45) is 0 Å². The average Bonchev–Trinajstić information content (AvgIpc) is 2.16. The third-order valence-corrected chi connectivity index (χ3v) is 2.41. The molecule has 0 aliphatic carbocycles. The zero-order chi connectivity index (χ0) is 9.84. The number of pyridine rings is 1. The third-order valence-electron chi connectivity index (χ3n) is 1.78. The highest BCUT2D eigenvalue weighted by Gasteiger charge is 2.14. The van der Waals surface area contributed by atoms with Gasteiger partial charge in [0.1, 0.15) is 12.0 Å². The van der Waals surface area contributed by atoms with Crippen LogP contribution in [0, 0.1) is 0 Å². The van der Waals surface area contributed by atoms with E-state index >= 15 is 0 Å². The third kappa shape index (κ3) is 2.06. The van der Waals surface area contributed by atoms with E-state index in [0.717, 1.165) is 16.3 Å². The fourth-order valence-electron chi connectivity index (χ4n) is 1.10. The van der Waals surface area contributed by atoms with Crippen molar-refractivity contribution in [3.8, 4) is 5.75 Å². The monoisotopic (exact) mass is 243 g/mol. The number of aldehydes is 1. The Hall–Kier alpha value is -0.900. The Morgan fingerprint density at radius 1 is 1.62 bits per heavy atom. The van der Waals surface area contributed by atoms with Gasteiger partial charge in [-0.3, -0.25) is 4.98 Å². The highest BCUT2D eigenvalue weighted by atomic mass is 79.9. The van der Waals surface area contributed by atoms with Crippen LogP contribution < -0.4 is 4.74 Å². The van der Waals surface area contributed by atoms with E-state index in [1.807, 2.05) is 6.92 Å². The van der Waals surface area contributed by atoms with Crippen LogP contribution in [0.2, 0.25) is 0 Å². The molecule has 1 unspecified atom stereocenters. The molecule has 0 aliphatic heterocycles. The first kappa shape index (κ1) is 10.2. The van der Waals surface area contributed by atoms with Gasteiger partial charge in [0.2, 0.25) is 0 Å². The minimum atomic E-state index is -0.188. The molecule has 1 rings (SSSR count). The average molecular weight is 244 g/mol. The number of nitrogens with zero attached hydrogens (tertiary/aromatic N) is 1. The predicted octanol–water partition coefficient (Wildman–Crippen LogP) is 2.16. The van der Waals surface area contributed by atoms with Crippen LogP contribution >= 0.6 is 15.9 Å². The molecular weight excluding hydrogens is 234 g/mol. The van der Waals surface area contributed by atoms with E-state index in [2.05, 4.69) is 20.9 Å². The van der Waals surface area contributed by atoms with Gasteiger partial charge in [-0.1, -0.05) is 6.92 Å². The summed E-state index contributed by atoms with van der Waals surface area (Å²) in [5.41, 5.74) is 0.840. The summed E-state index contributed by atoms with van der Waals surface area (Å²) in [5, 5.41) is 0. The predicted molar refractivity (Wildman–Crippen MR) is 53.0 cm³/mol. The lowest BCUT2D eigenvalue weighted by Gasteiger charge is -2.11. The summed E-state index contributed by atoms with van der Waals surface area (Å²) < 4.78 is 5.90. The first-order valence-corrected chi connectivity index (χ1v) is 4.62. The van der Waals surface area contributed by atoms with Crippen molar-refractivity contribution < 1.29 is 9.53 Å². The summed E-state index contributed by atoms with van der Waals surface area (Å²) in [7, 11) is 1.56. The molecule has 0 saturated heterocycles. The summed E-state index contributed by atoms with van der Waals surface area (Å²) >= 11 is 3.33. The van der Waals surface area contributed by atoms with E-state index in [1.165, 1.54) is 0 Å². The Labute approximate surface area is 85.3 Å². The topological polar surface area (TPSA) is 39.2 Å². The maximum Gasteiger partial charge on any atom is 0.142 e. The maximum atomic E-state index is 10.6. The highest BCUT2D eigenvalue weighted by Crippen LogP contribution is 2.31. The van der Waals surface area contributed by atoms with Crippen LogP contribution in [0.1, 0.15) is 18.4 Å². The Morgan fingerprint density at radius 3 is 2.85 bits per heavy atom. The molecule has 1 atom stereocenters. The maximum absolute atomic E-state index is 10.6. The molecule has 1 aromatic heterocycles. The molecule has 0 N–H and O–H groups in total. The van der Waals surface area contributed by atoms with Gasteiger partial charge in [0.05, 0.1) is 13.3 Å². The number of carbonyl (C=O) groups is 1. The second-order valence-electron chi connectivity index (χ2n) is 2.66. The van der Waals surface area contributed by atoms with Crippen LogP contribution in [0.15, 0.2) is 16.9 Å². The fourth-order valence-corrected chi connectivity index (χ4v) is 1.77. The van der Waals surface area contributed by atoms with Crippen molar-refractivity contribution in [1.29, 1.82) is 0 Å². The van der Waals surface area contributed by atoms with Crippen LogP contribution in [0.5, 0.6) is 5.75 Å². The lowest BCUT2D eigenvalue weighted by Crippen LogP contribution is -2.00. The van der Waals surface area contributed by atoms with Gasteiger partial charge >= 0.3 is 0 Å². The molecule has 70 valence electrons. The molecule has 3 nitrogen and oxygen atoms in total. The molecule has 1 heterocycles. The second kappa shape index (κ2) is 4.37. The Morgan fingerprint density at radius 2 is 2.31 bits per heavy atom. The molecule has 0 aliphatic rings. The van der Waals surface area contributed by atoms with Crippen molar-refractivity contribution in [1.82, 2.24) is 4.98 Å². The smallest absolute Gasteiger partial charge is 0.142 e. The molecule has 0 amide bonds. The van der Waals surface area contributed by atoms with E-state index in [4.69, 9.17) is 4.74 Å². The molecule has 0 aromatic carbocycles. The lowest BCUT2D eigenvalue weighted by atomic mass is 10.0. The number of ether oxygens (including phenoxy) is 1. The van der Waals surface area contributed by atoms with E-state index in [0.29, 0.717) is 5.75 Å². The number of rotatable bonds is 3. The minimum absolute atomic E-state index is 0.188. The van der Waals surface area contributed by atoms with Crippen molar-refractivity contribution in [3.05, 3.63) is 22.4 Å². The molecular formula is C9H10BrNO2. The van der Waals surface area contributed by atoms with Crippen LogP contribution in [0.4, 0.5) is 0 Å². The van der Waals surface area contributed by atoms with Crippen molar-refractivity contribution >= 4 is 22.2 Å². The van der Waals surface area contributed by atoms with E-state index < -0.39 is 0 Å². The Balaban J connectivity index is 3.22. The molecule has 0 bridgehead atoms. The Kier molecular flexibility index (Phi) is 3.42. The molecule has 0 saturated carbocycles. The van der Waals surface area contributed by atoms with Crippen molar-refractivity contribution in [2.45, 2.75) is 12.8 Å². The number of aromatic nitrogens is 1. The van der Waals surface area contributed by atoms with Gasteiger partial charge in [-0.15, -0.1) is 0 Å². The number of carbonyl (C=O) groups excluding carboxylic acids is 1. The second-order valence-corrected chi connectivity index (χ2v) is 3.52. The molecule has 0 fully saturated rings. The van der Waals surface area contributed by atoms with Crippen molar-refractivity contribution in [3.63, 3.8) is 0 Å². The molecule has 0 spiro atoms. The summed E-state index contributed by atoms with van der Waals surface area (Å²) in [6.07, 6.45) is 4.13. The normalized spacial score (nSPS) is 12.2. The molecule has 4 heteroatoms. The standard InChI is InChI=1S/C9H10BrNO2/c1-6(5-12)9-7(10)3-11-4-8(9)13-2/h3-6H,1-2H3. The number of hydrogen-bond donors (Lipinski definition) is 0.